The molecule has 2 aliphatic rings. The Balaban J connectivity index is 1.60. The SMILES string of the molecule is BC(NC(=O)C(F)(F)c1ccc(Cl)cc1)c1ccc2c(c1)CN([C@@]1(B)C(=O)N(B)C(=O)C(B)(B)C1(B)B)C2=O. The van der Waals surface area contributed by atoms with Crippen molar-refractivity contribution in [1.82, 2.24) is 15.0 Å². The number of rotatable bonds is 5. The van der Waals surface area contributed by atoms with Crippen molar-refractivity contribution in [3.05, 3.63) is 69.7 Å². The van der Waals surface area contributed by atoms with Gasteiger partial charge in [0.15, 0.2) is 0 Å². The minimum absolute atomic E-state index is 0.0907. The van der Waals surface area contributed by atoms with Gasteiger partial charge in [0.1, 0.15) is 47.1 Å². The van der Waals surface area contributed by atoms with Gasteiger partial charge in [-0.25, -0.2) is 0 Å². The second-order valence-electron chi connectivity index (χ2n) is 11.6. The first-order chi connectivity index (χ1) is 17.9. The number of imide groups is 1. The number of piperidine rings is 1. The van der Waals surface area contributed by atoms with Crippen LogP contribution in [0.1, 0.15) is 33.0 Å². The van der Waals surface area contributed by atoms with Crippen LogP contribution in [0.2, 0.25) is 15.5 Å². The molecule has 2 aromatic rings. The zero-order valence-electron chi connectivity index (χ0n) is 23.0. The first kappa shape index (κ1) is 29.1. The Labute approximate surface area is 237 Å². The quantitative estimate of drug-likeness (QED) is 0.306. The molecule has 2 aromatic carbocycles. The van der Waals surface area contributed by atoms with Gasteiger partial charge in [0.25, 0.3) is 11.8 Å². The average Bonchev–Trinajstić information content (AvgIpc) is 3.22. The molecular formula is C22H25B7ClF2N3O4. The fourth-order valence-corrected chi connectivity index (χ4v) is 5.69. The molecule has 39 heavy (non-hydrogen) atoms. The highest BCUT2D eigenvalue weighted by molar-refractivity contribution is 6.68. The number of fused-ring (bicyclic) bond motifs is 1. The molecule has 1 N–H and O–H groups in total. The molecule has 7 nitrogen and oxygen atoms in total. The summed E-state index contributed by atoms with van der Waals surface area (Å²) >= 11 is 5.77. The molecule has 4 amide bonds. The molecule has 194 valence electrons. The van der Waals surface area contributed by atoms with Crippen LogP contribution in [0.25, 0.3) is 0 Å². The summed E-state index contributed by atoms with van der Waals surface area (Å²) in [6, 6.07) is 9.64. The molecule has 2 heterocycles. The summed E-state index contributed by atoms with van der Waals surface area (Å²) in [5.74, 6) is -7.18. The topological polar surface area (TPSA) is 86.8 Å². The summed E-state index contributed by atoms with van der Waals surface area (Å²) in [6.07, 6.45) is 0. The van der Waals surface area contributed by atoms with E-state index in [0.717, 1.165) is 16.9 Å². The molecule has 0 spiro atoms. The number of hydrogen-bond acceptors (Lipinski definition) is 4. The number of carbonyl (C=O) groups excluding carboxylic acids is 4. The Morgan fingerprint density at radius 1 is 1.00 bits per heavy atom. The van der Waals surface area contributed by atoms with Crippen molar-refractivity contribution in [3.8, 4) is 0 Å². The van der Waals surface area contributed by atoms with E-state index >= 15 is 0 Å². The van der Waals surface area contributed by atoms with Gasteiger partial charge in [-0.1, -0.05) is 41.1 Å². The lowest BCUT2D eigenvalue weighted by Crippen LogP contribution is -2.75. The molecule has 17 heteroatoms. The Morgan fingerprint density at radius 2 is 1.59 bits per heavy atom. The van der Waals surface area contributed by atoms with Gasteiger partial charge in [0.2, 0.25) is 19.8 Å². The number of alkyl halides is 2. The summed E-state index contributed by atoms with van der Waals surface area (Å²) in [6.45, 7) is 0.0907. The molecule has 0 aromatic heterocycles. The van der Waals surface area contributed by atoms with E-state index < -0.39 is 45.1 Å². The van der Waals surface area contributed by atoms with Gasteiger partial charge >= 0.3 is 5.92 Å². The lowest BCUT2D eigenvalue weighted by molar-refractivity contribution is -0.149. The number of benzene rings is 2. The van der Waals surface area contributed by atoms with E-state index in [1.165, 1.54) is 25.0 Å². The minimum atomic E-state index is -3.78. The highest BCUT2D eigenvalue weighted by Crippen LogP contribution is 2.56. The van der Waals surface area contributed by atoms with Gasteiger partial charge in [-0.15, -0.1) is 0 Å². The van der Waals surface area contributed by atoms with Gasteiger partial charge in [-0.2, -0.15) is 8.78 Å². The van der Waals surface area contributed by atoms with Crippen LogP contribution in [0.5, 0.6) is 0 Å². The van der Waals surface area contributed by atoms with Crippen LogP contribution >= 0.6 is 11.6 Å². The lowest BCUT2D eigenvalue weighted by Gasteiger charge is -2.61. The summed E-state index contributed by atoms with van der Waals surface area (Å²) in [5, 5.41) is 0.767. The molecule has 1 saturated heterocycles. The fraction of sp³-hybridized carbons (Fsp3) is 0.273. The Hall–Kier alpha value is -2.88. The number of nitrogens with zero attached hydrogens (tertiary/aromatic N) is 2. The maximum absolute atomic E-state index is 14.8. The van der Waals surface area contributed by atoms with E-state index in [-0.39, 0.29) is 23.4 Å². The summed E-state index contributed by atoms with van der Waals surface area (Å²) < 4.78 is 29.6. The van der Waals surface area contributed by atoms with Gasteiger partial charge in [0.05, 0.1) is 5.44 Å². The van der Waals surface area contributed by atoms with Crippen LogP contribution in [-0.4, -0.2) is 93.8 Å². The van der Waals surface area contributed by atoms with Gasteiger partial charge in [-0.3, -0.25) is 19.2 Å². The molecule has 2 aliphatic heterocycles. The molecule has 1 fully saturated rings. The molecule has 0 aliphatic carbocycles. The Bertz CT molecular complexity index is 1410. The molecule has 1 unspecified atom stereocenters. The maximum Gasteiger partial charge on any atom is 0.349 e. The average molecular weight is 545 g/mol. The molecule has 0 bridgehead atoms. The van der Waals surface area contributed by atoms with E-state index in [9.17, 15) is 28.0 Å². The normalized spacial score (nSPS) is 22.9. The van der Waals surface area contributed by atoms with Gasteiger partial charge < -0.3 is 15.0 Å². The monoisotopic (exact) mass is 545 g/mol. The highest BCUT2D eigenvalue weighted by atomic mass is 35.5. The number of hydrogen-bond donors (Lipinski definition) is 1. The lowest BCUT2D eigenvalue weighted by atomic mass is 9.21. The van der Waals surface area contributed by atoms with Crippen LogP contribution in [0, 0.1) is 0 Å². The Morgan fingerprint density at radius 3 is 2.18 bits per heavy atom. The molecule has 2 atom stereocenters. The van der Waals surface area contributed by atoms with Crippen molar-refractivity contribution in [3.63, 3.8) is 0 Å². The van der Waals surface area contributed by atoms with E-state index in [1.54, 1.807) is 49.6 Å². The molecular weight excluding hydrogens is 519 g/mol. The number of carbonyl (C=O) groups is 4. The number of halogens is 3. The molecule has 0 radical (unpaired) electrons. The summed E-state index contributed by atoms with van der Waals surface area (Å²) in [5.41, 5.74) is -0.311. The number of nitrogens with one attached hydrogen (secondary N) is 1. The highest BCUT2D eigenvalue weighted by Gasteiger charge is 2.65. The van der Waals surface area contributed by atoms with Gasteiger partial charge in [-0.05, 0) is 34.5 Å². The Kier molecular flexibility index (Phi) is 6.98. The second-order valence-corrected chi connectivity index (χ2v) is 12.0. The minimum Gasteiger partial charge on any atom is -0.352 e. The predicted molar refractivity (Wildman–Crippen MR) is 162 cm³/mol. The fourth-order valence-electron chi connectivity index (χ4n) is 5.57. The third-order valence-corrected chi connectivity index (χ3v) is 9.40. The largest absolute Gasteiger partial charge is 0.352 e. The first-order valence-electron chi connectivity index (χ1n) is 12.6. The van der Waals surface area contributed by atoms with E-state index in [0.29, 0.717) is 16.7 Å². The van der Waals surface area contributed by atoms with Crippen LogP contribution in [-0.2, 0) is 26.9 Å². The van der Waals surface area contributed by atoms with Crippen molar-refractivity contribution < 1.29 is 28.0 Å². The zero-order chi connectivity index (χ0) is 29.3. The first-order valence-corrected chi connectivity index (χ1v) is 13.0. The van der Waals surface area contributed by atoms with Crippen molar-refractivity contribution in [1.29, 1.82) is 0 Å². The van der Waals surface area contributed by atoms with E-state index in [2.05, 4.69) is 5.32 Å². The van der Waals surface area contributed by atoms with Crippen LogP contribution < -0.4 is 5.32 Å². The zero-order valence-corrected chi connectivity index (χ0v) is 23.7. The van der Waals surface area contributed by atoms with Crippen molar-refractivity contribution in [2.24, 2.45) is 0 Å². The second kappa shape index (κ2) is 9.35. The van der Waals surface area contributed by atoms with Crippen molar-refractivity contribution in [2.75, 3.05) is 0 Å². The van der Waals surface area contributed by atoms with Crippen molar-refractivity contribution in [2.45, 2.75) is 34.3 Å². The number of amides is 4. The summed E-state index contributed by atoms with van der Waals surface area (Å²) in [7, 11) is 11.9. The molecule has 4 rings (SSSR count). The predicted octanol–water partition coefficient (Wildman–Crippen LogP) is -4.15. The van der Waals surface area contributed by atoms with E-state index in [1.807, 2.05) is 15.7 Å². The summed E-state index contributed by atoms with van der Waals surface area (Å²) in [4.78, 5) is 55.2. The standard InChI is InChI=1S/C22H25B7ClF2N3O4/c23-14(33-16(37)19(31,32)11-2-4-12(30)5-3-11)9-1-6-13-10(7-9)8-34(15(13)36)21(26)18(39)35(29)17(38)20(24,25)22(21,27)28/h1-7,14H,8,23-29H2,(H,33,37)/t14?,21-/m0/s1. The smallest absolute Gasteiger partial charge is 0.349 e. The molecule has 0 saturated carbocycles. The third-order valence-electron chi connectivity index (χ3n) is 9.15. The van der Waals surface area contributed by atoms with Gasteiger partial charge in [0, 0.05) is 28.6 Å². The van der Waals surface area contributed by atoms with Crippen LogP contribution in [0.4, 0.5) is 8.78 Å². The third kappa shape index (κ3) is 4.17. The van der Waals surface area contributed by atoms with Crippen LogP contribution in [0.3, 0.4) is 0 Å². The van der Waals surface area contributed by atoms with Crippen LogP contribution in [0.15, 0.2) is 42.5 Å². The maximum atomic E-state index is 14.8. The van der Waals surface area contributed by atoms with E-state index in [4.69, 9.17) is 11.6 Å². The van der Waals surface area contributed by atoms with Crippen molar-refractivity contribution >= 4 is 90.3 Å².